The molecular formula is C30H26ClFN2O4. The first kappa shape index (κ1) is 26.9. The predicted octanol–water partition coefficient (Wildman–Crippen LogP) is 6.15. The molecule has 0 bridgehead atoms. The van der Waals surface area contributed by atoms with Crippen LogP contribution in [0.4, 0.5) is 10.1 Å². The summed E-state index contributed by atoms with van der Waals surface area (Å²) in [4.78, 5) is 25.8. The molecule has 0 fully saturated rings. The maximum Gasteiger partial charge on any atom is 0.249 e. The second-order valence-corrected chi connectivity index (χ2v) is 8.90. The Morgan fingerprint density at radius 2 is 1.50 bits per heavy atom. The Morgan fingerprint density at radius 1 is 0.842 bits per heavy atom. The fourth-order valence-corrected chi connectivity index (χ4v) is 3.80. The van der Waals surface area contributed by atoms with Crippen molar-refractivity contribution in [2.45, 2.75) is 19.1 Å². The Balaban J connectivity index is 1.40. The van der Waals surface area contributed by atoms with Crippen LogP contribution in [0.3, 0.4) is 0 Å². The fourth-order valence-electron chi connectivity index (χ4n) is 3.61. The average Bonchev–Trinajstić information content (AvgIpc) is 2.92. The van der Waals surface area contributed by atoms with Gasteiger partial charge >= 0.3 is 0 Å². The molecule has 38 heavy (non-hydrogen) atoms. The highest BCUT2D eigenvalue weighted by Crippen LogP contribution is 2.23. The third-order valence-electron chi connectivity index (χ3n) is 5.51. The van der Waals surface area contributed by atoms with E-state index in [1.807, 2.05) is 60.7 Å². The van der Waals surface area contributed by atoms with Gasteiger partial charge in [-0.15, -0.1) is 0 Å². The van der Waals surface area contributed by atoms with E-state index in [2.05, 4.69) is 10.6 Å². The van der Waals surface area contributed by atoms with E-state index in [0.717, 1.165) is 5.56 Å². The first-order valence-corrected chi connectivity index (χ1v) is 12.3. The molecule has 0 aliphatic carbocycles. The summed E-state index contributed by atoms with van der Waals surface area (Å²) in [5.74, 6) is -0.271. The van der Waals surface area contributed by atoms with E-state index in [1.165, 1.54) is 18.2 Å². The Bertz CT molecular complexity index is 1350. The molecule has 0 spiro atoms. The molecule has 0 aromatic heterocycles. The summed E-state index contributed by atoms with van der Waals surface area (Å²) in [5.41, 5.74) is 1.57. The molecule has 1 atom stereocenters. The number of carbonyl (C=O) groups is 2. The lowest BCUT2D eigenvalue weighted by molar-refractivity contribution is -0.127. The molecule has 0 saturated heterocycles. The molecule has 194 valence electrons. The van der Waals surface area contributed by atoms with Crippen LogP contribution in [-0.4, -0.2) is 24.5 Å². The maximum atomic E-state index is 14.1. The van der Waals surface area contributed by atoms with Crippen molar-refractivity contribution in [3.05, 3.63) is 125 Å². The summed E-state index contributed by atoms with van der Waals surface area (Å²) in [6, 6.07) is 28.6. The Labute approximate surface area is 225 Å². The van der Waals surface area contributed by atoms with Crippen LogP contribution in [0.25, 0.3) is 0 Å². The van der Waals surface area contributed by atoms with Crippen molar-refractivity contribution in [1.29, 1.82) is 0 Å². The van der Waals surface area contributed by atoms with Crippen LogP contribution in [-0.2, 0) is 27.4 Å². The van der Waals surface area contributed by atoms with Gasteiger partial charge in [-0.25, -0.2) is 4.39 Å². The number of hydrogen-bond donors (Lipinski definition) is 2. The van der Waals surface area contributed by atoms with E-state index in [4.69, 9.17) is 21.1 Å². The predicted molar refractivity (Wildman–Crippen MR) is 145 cm³/mol. The second-order valence-electron chi connectivity index (χ2n) is 8.46. The Kier molecular flexibility index (Phi) is 9.45. The molecule has 2 N–H and O–H groups in total. The average molecular weight is 533 g/mol. The van der Waals surface area contributed by atoms with E-state index < -0.39 is 23.7 Å². The minimum atomic E-state index is -1.02. The number of nitrogens with one attached hydrogen (secondary N) is 2. The van der Waals surface area contributed by atoms with E-state index in [0.29, 0.717) is 22.2 Å². The van der Waals surface area contributed by atoms with Crippen molar-refractivity contribution >= 4 is 29.1 Å². The smallest absolute Gasteiger partial charge is 0.249 e. The molecule has 0 aliphatic rings. The van der Waals surface area contributed by atoms with E-state index >= 15 is 0 Å². The van der Waals surface area contributed by atoms with Crippen LogP contribution in [0.2, 0.25) is 5.02 Å². The lowest BCUT2D eigenvalue weighted by Crippen LogP contribution is -2.47. The van der Waals surface area contributed by atoms with Gasteiger partial charge in [0, 0.05) is 10.7 Å². The highest BCUT2D eigenvalue weighted by molar-refractivity contribution is 6.30. The molecule has 0 aliphatic heterocycles. The van der Waals surface area contributed by atoms with Crippen LogP contribution in [0.5, 0.6) is 11.5 Å². The van der Waals surface area contributed by atoms with Crippen LogP contribution < -0.4 is 15.4 Å². The van der Waals surface area contributed by atoms with Gasteiger partial charge in [0.15, 0.2) is 0 Å². The Morgan fingerprint density at radius 3 is 2.21 bits per heavy atom. The lowest BCUT2D eigenvalue weighted by atomic mass is 10.1. The SMILES string of the molecule is O=C(Cc1cc(Cl)ccc1F)NC(COCc1ccccc1)C(=O)Nc1ccc(Oc2ccccc2)cc1. The maximum absolute atomic E-state index is 14.1. The lowest BCUT2D eigenvalue weighted by Gasteiger charge is -2.19. The number of ether oxygens (including phenoxy) is 2. The summed E-state index contributed by atoms with van der Waals surface area (Å²) in [7, 11) is 0. The number of halogens is 2. The van der Waals surface area contributed by atoms with E-state index in [-0.39, 0.29) is 25.2 Å². The summed E-state index contributed by atoms with van der Waals surface area (Å²) in [5, 5.41) is 5.75. The van der Waals surface area contributed by atoms with Crippen molar-refractivity contribution in [3.63, 3.8) is 0 Å². The van der Waals surface area contributed by atoms with Gasteiger partial charge < -0.3 is 20.1 Å². The van der Waals surface area contributed by atoms with Crippen molar-refractivity contribution in [2.24, 2.45) is 0 Å². The fraction of sp³-hybridized carbons (Fsp3) is 0.133. The van der Waals surface area contributed by atoms with Gasteiger partial charge in [-0.3, -0.25) is 9.59 Å². The number of para-hydroxylation sites is 1. The summed E-state index contributed by atoms with van der Waals surface area (Å²) < 4.78 is 25.6. The second kappa shape index (κ2) is 13.4. The minimum absolute atomic E-state index is 0.0836. The Hall–Kier alpha value is -4.20. The first-order valence-electron chi connectivity index (χ1n) is 11.9. The topological polar surface area (TPSA) is 76.7 Å². The molecule has 4 aromatic rings. The zero-order chi connectivity index (χ0) is 26.7. The van der Waals surface area contributed by atoms with Crippen molar-refractivity contribution in [1.82, 2.24) is 5.32 Å². The van der Waals surface area contributed by atoms with Crippen molar-refractivity contribution in [3.8, 4) is 11.5 Å². The van der Waals surface area contributed by atoms with Gasteiger partial charge in [-0.2, -0.15) is 0 Å². The summed E-state index contributed by atoms with van der Waals surface area (Å²) in [6.07, 6.45) is -0.277. The molecular weight excluding hydrogens is 507 g/mol. The quantitative estimate of drug-likeness (QED) is 0.243. The van der Waals surface area contributed by atoms with Crippen molar-refractivity contribution < 1.29 is 23.5 Å². The van der Waals surface area contributed by atoms with Crippen molar-refractivity contribution in [2.75, 3.05) is 11.9 Å². The summed E-state index contributed by atoms with van der Waals surface area (Å²) in [6.45, 7) is 0.175. The minimum Gasteiger partial charge on any atom is -0.457 e. The third-order valence-corrected chi connectivity index (χ3v) is 5.74. The van der Waals surface area contributed by atoms with Gasteiger partial charge in [0.1, 0.15) is 23.4 Å². The molecule has 0 heterocycles. The number of anilines is 1. The number of hydrogen-bond acceptors (Lipinski definition) is 4. The van der Waals surface area contributed by atoms with Gasteiger partial charge in [-0.1, -0.05) is 60.1 Å². The molecule has 4 rings (SSSR count). The first-order chi connectivity index (χ1) is 18.5. The number of rotatable bonds is 11. The van der Waals surface area contributed by atoms with Crippen LogP contribution in [0.1, 0.15) is 11.1 Å². The third kappa shape index (κ3) is 8.16. The highest BCUT2D eigenvalue weighted by atomic mass is 35.5. The highest BCUT2D eigenvalue weighted by Gasteiger charge is 2.22. The molecule has 8 heteroatoms. The van der Waals surface area contributed by atoms with E-state index in [9.17, 15) is 14.0 Å². The number of carbonyl (C=O) groups excluding carboxylic acids is 2. The number of benzene rings is 4. The van der Waals surface area contributed by atoms with Crippen LogP contribution in [0, 0.1) is 5.82 Å². The monoisotopic (exact) mass is 532 g/mol. The van der Waals surface area contributed by atoms with Gasteiger partial charge in [0.2, 0.25) is 11.8 Å². The molecule has 2 amide bonds. The zero-order valence-corrected chi connectivity index (χ0v) is 21.2. The summed E-state index contributed by atoms with van der Waals surface area (Å²) >= 11 is 5.94. The molecule has 6 nitrogen and oxygen atoms in total. The van der Waals surface area contributed by atoms with Gasteiger partial charge in [0.05, 0.1) is 19.6 Å². The van der Waals surface area contributed by atoms with Gasteiger partial charge in [-0.05, 0) is 65.7 Å². The normalized spacial score (nSPS) is 11.4. The number of amides is 2. The van der Waals surface area contributed by atoms with Crippen LogP contribution in [0.15, 0.2) is 103 Å². The largest absolute Gasteiger partial charge is 0.457 e. The standard InChI is InChI=1S/C30H26ClFN2O4/c31-23-11-16-27(32)22(17-23)18-29(35)34-28(20-37-19-21-7-3-1-4-8-21)30(36)33-24-12-14-26(15-13-24)38-25-9-5-2-6-10-25/h1-17,28H,18-20H2,(H,33,36)(H,34,35). The van der Waals surface area contributed by atoms with Crippen LogP contribution >= 0.6 is 11.6 Å². The molecule has 4 aromatic carbocycles. The molecule has 0 saturated carbocycles. The zero-order valence-electron chi connectivity index (χ0n) is 20.4. The van der Waals surface area contributed by atoms with E-state index in [1.54, 1.807) is 24.3 Å². The van der Waals surface area contributed by atoms with Gasteiger partial charge in [0.25, 0.3) is 0 Å². The molecule has 1 unspecified atom stereocenters. The molecule has 0 radical (unpaired) electrons.